The SMILES string of the molecule is CCCCOc1ccc2nc(C)cc(C=O)c2c1. The van der Waals surface area contributed by atoms with Crippen molar-refractivity contribution in [1.82, 2.24) is 4.98 Å². The summed E-state index contributed by atoms with van der Waals surface area (Å²) in [5.74, 6) is 0.796. The van der Waals surface area contributed by atoms with Gasteiger partial charge in [0.05, 0.1) is 12.1 Å². The summed E-state index contributed by atoms with van der Waals surface area (Å²) in [5.41, 5.74) is 2.35. The third-order valence-corrected chi connectivity index (χ3v) is 2.83. The summed E-state index contributed by atoms with van der Waals surface area (Å²) < 4.78 is 5.64. The Morgan fingerprint density at radius 2 is 2.17 bits per heavy atom. The zero-order valence-electron chi connectivity index (χ0n) is 10.8. The predicted molar refractivity (Wildman–Crippen MR) is 72.3 cm³/mol. The van der Waals surface area contributed by atoms with Gasteiger partial charge in [-0.1, -0.05) is 13.3 Å². The molecule has 0 unspecified atom stereocenters. The number of fused-ring (bicyclic) bond motifs is 1. The average Bonchev–Trinajstić information content (AvgIpc) is 2.38. The minimum absolute atomic E-state index is 0.665. The summed E-state index contributed by atoms with van der Waals surface area (Å²) in [6.45, 7) is 4.72. The smallest absolute Gasteiger partial charge is 0.150 e. The highest BCUT2D eigenvalue weighted by molar-refractivity contribution is 5.97. The molecule has 0 atom stereocenters. The second-order valence-electron chi connectivity index (χ2n) is 4.35. The molecule has 0 bridgehead atoms. The molecule has 0 aliphatic rings. The van der Waals surface area contributed by atoms with Crippen LogP contribution in [0.5, 0.6) is 5.75 Å². The Morgan fingerprint density at radius 3 is 2.89 bits per heavy atom. The fourth-order valence-electron chi connectivity index (χ4n) is 1.89. The van der Waals surface area contributed by atoms with Crippen LogP contribution in [0.3, 0.4) is 0 Å². The maximum Gasteiger partial charge on any atom is 0.150 e. The number of ether oxygens (including phenoxy) is 1. The Kier molecular flexibility index (Phi) is 3.92. The van der Waals surface area contributed by atoms with Crippen molar-refractivity contribution >= 4 is 17.2 Å². The number of carbonyl (C=O) groups is 1. The Bertz CT molecular complexity index is 564. The van der Waals surface area contributed by atoms with Gasteiger partial charge >= 0.3 is 0 Å². The van der Waals surface area contributed by atoms with Crippen molar-refractivity contribution in [3.05, 3.63) is 35.5 Å². The van der Waals surface area contributed by atoms with Crippen LogP contribution in [0.1, 0.15) is 35.8 Å². The van der Waals surface area contributed by atoms with Gasteiger partial charge in [-0.2, -0.15) is 0 Å². The number of aryl methyl sites for hydroxylation is 1. The molecule has 2 rings (SSSR count). The van der Waals surface area contributed by atoms with Crippen molar-refractivity contribution < 1.29 is 9.53 Å². The summed E-state index contributed by atoms with van der Waals surface area (Å²) >= 11 is 0. The van der Waals surface area contributed by atoms with Crippen LogP contribution >= 0.6 is 0 Å². The predicted octanol–water partition coefficient (Wildman–Crippen LogP) is 3.53. The van der Waals surface area contributed by atoms with Crippen LogP contribution in [0.2, 0.25) is 0 Å². The summed E-state index contributed by atoms with van der Waals surface area (Å²) in [4.78, 5) is 15.5. The van der Waals surface area contributed by atoms with Crippen molar-refractivity contribution in [1.29, 1.82) is 0 Å². The van der Waals surface area contributed by atoms with Crippen LogP contribution < -0.4 is 4.74 Å². The molecule has 0 saturated heterocycles. The van der Waals surface area contributed by atoms with Gasteiger partial charge in [0, 0.05) is 16.6 Å². The first kappa shape index (κ1) is 12.6. The molecule has 1 heterocycles. The fraction of sp³-hybridized carbons (Fsp3) is 0.333. The molecule has 0 aliphatic heterocycles. The number of hydrogen-bond acceptors (Lipinski definition) is 3. The Morgan fingerprint density at radius 1 is 1.33 bits per heavy atom. The number of hydrogen-bond donors (Lipinski definition) is 0. The van der Waals surface area contributed by atoms with Gasteiger partial charge in [-0.25, -0.2) is 0 Å². The van der Waals surface area contributed by atoms with E-state index in [1.165, 1.54) is 0 Å². The van der Waals surface area contributed by atoms with Gasteiger partial charge in [0.1, 0.15) is 5.75 Å². The monoisotopic (exact) mass is 243 g/mol. The summed E-state index contributed by atoms with van der Waals surface area (Å²) in [6, 6.07) is 7.49. The topological polar surface area (TPSA) is 39.2 Å². The minimum Gasteiger partial charge on any atom is -0.494 e. The van der Waals surface area contributed by atoms with Gasteiger partial charge < -0.3 is 4.74 Å². The number of pyridine rings is 1. The zero-order valence-corrected chi connectivity index (χ0v) is 10.8. The van der Waals surface area contributed by atoms with E-state index < -0.39 is 0 Å². The van der Waals surface area contributed by atoms with Gasteiger partial charge in [0.15, 0.2) is 6.29 Å². The van der Waals surface area contributed by atoms with Gasteiger partial charge in [0.25, 0.3) is 0 Å². The molecule has 0 N–H and O–H groups in total. The molecular weight excluding hydrogens is 226 g/mol. The molecular formula is C15H17NO2. The van der Waals surface area contributed by atoms with Crippen molar-refractivity contribution in [2.45, 2.75) is 26.7 Å². The van der Waals surface area contributed by atoms with Crippen molar-refractivity contribution in [2.24, 2.45) is 0 Å². The minimum atomic E-state index is 0.665. The highest BCUT2D eigenvalue weighted by atomic mass is 16.5. The second kappa shape index (κ2) is 5.63. The Labute approximate surface area is 107 Å². The van der Waals surface area contributed by atoms with E-state index in [-0.39, 0.29) is 0 Å². The van der Waals surface area contributed by atoms with Crippen molar-refractivity contribution in [3.8, 4) is 5.75 Å². The lowest BCUT2D eigenvalue weighted by Gasteiger charge is -2.08. The molecule has 0 saturated carbocycles. The molecule has 2 aromatic rings. The summed E-state index contributed by atoms with van der Waals surface area (Å²) in [5, 5.41) is 0.851. The third kappa shape index (κ3) is 2.67. The number of nitrogens with zero attached hydrogens (tertiary/aromatic N) is 1. The lowest BCUT2D eigenvalue weighted by molar-refractivity contribution is 0.112. The van der Waals surface area contributed by atoms with Crippen molar-refractivity contribution in [2.75, 3.05) is 6.61 Å². The molecule has 0 fully saturated rings. The maximum atomic E-state index is 11.1. The number of aromatic nitrogens is 1. The first-order valence-electron chi connectivity index (χ1n) is 6.24. The first-order chi connectivity index (χ1) is 8.74. The van der Waals surface area contributed by atoms with E-state index in [1.54, 1.807) is 6.07 Å². The molecule has 18 heavy (non-hydrogen) atoms. The van der Waals surface area contributed by atoms with E-state index in [0.29, 0.717) is 12.2 Å². The summed E-state index contributed by atoms with van der Waals surface area (Å²) in [7, 11) is 0. The third-order valence-electron chi connectivity index (χ3n) is 2.83. The normalized spacial score (nSPS) is 10.6. The maximum absolute atomic E-state index is 11.1. The van der Waals surface area contributed by atoms with Gasteiger partial charge in [-0.05, 0) is 37.6 Å². The number of aldehydes is 1. The highest BCUT2D eigenvalue weighted by Crippen LogP contribution is 2.23. The van der Waals surface area contributed by atoms with E-state index in [0.717, 1.165) is 41.5 Å². The van der Waals surface area contributed by atoms with Crippen LogP contribution in [0.25, 0.3) is 10.9 Å². The highest BCUT2D eigenvalue weighted by Gasteiger charge is 2.05. The molecule has 94 valence electrons. The fourth-order valence-corrected chi connectivity index (χ4v) is 1.89. The van der Waals surface area contributed by atoms with Crippen LogP contribution in [0.4, 0.5) is 0 Å². The molecule has 1 aromatic carbocycles. The number of benzene rings is 1. The van der Waals surface area contributed by atoms with Crippen LogP contribution in [-0.4, -0.2) is 17.9 Å². The Hall–Kier alpha value is -1.90. The van der Waals surface area contributed by atoms with E-state index in [2.05, 4.69) is 11.9 Å². The van der Waals surface area contributed by atoms with Crippen molar-refractivity contribution in [3.63, 3.8) is 0 Å². The largest absolute Gasteiger partial charge is 0.494 e. The Balaban J connectivity index is 2.37. The molecule has 1 aromatic heterocycles. The first-order valence-corrected chi connectivity index (χ1v) is 6.24. The second-order valence-corrected chi connectivity index (χ2v) is 4.35. The van der Waals surface area contributed by atoms with Gasteiger partial charge in [0.2, 0.25) is 0 Å². The number of rotatable bonds is 5. The quantitative estimate of drug-likeness (QED) is 0.595. The molecule has 0 aliphatic carbocycles. The molecule has 0 amide bonds. The standard InChI is InChI=1S/C15H17NO2/c1-3-4-7-18-13-5-6-15-14(9-13)12(10-17)8-11(2)16-15/h5-6,8-10H,3-4,7H2,1-2H3. The van der Waals surface area contributed by atoms with E-state index in [9.17, 15) is 4.79 Å². The lowest BCUT2D eigenvalue weighted by atomic mass is 10.1. The van der Waals surface area contributed by atoms with Crippen LogP contribution in [0.15, 0.2) is 24.3 Å². The van der Waals surface area contributed by atoms with Crippen LogP contribution in [0, 0.1) is 6.92 Å². The van der Waals surface area contributed by atoms with Gasteiger partial charge in [-0.15, -0.1) is 0 Å². The van der Waals surface area contributed by atoms with E-state index in [4.69, 9.17) is 4.74 Å². The molecule has 0 spiro atoms. The molecule has 0 radical (unpaired) electrons. The molecule has 3 nitrogen and oxygen atoms in total. The van der Waals surface area contributed by atoms with Gasteiger partial charge in [-0.3, -0.25) is 9.78 Å². The lowest BCUT2D eigenvalue weighted by Crippen LogP contribution is -1.97. The zero-order chi connectivity index (χ0) is 13.0. The number of unbranched alkanes of at least 4 members (excludes halogenated alkanes) is 1. The molecule has 3 heteroatoms. The average molecular weight is 243 g/mol. The summed E-state index contributed by atoms with van der Waals surface area (Å²) in [6.07, 6.45) is 3.01. The van der Waals surface area contributed by atoms with E-state index in [1.807, 2.05) is 25.1 Å². The van der Waals surface area contributed by atoms with E-state index >= 15 is 0 Å². The number of carbonyl (C=O) groups excluding carboxylic acids is 1. The van der Waals surface area contributed by atoms with Crippen LogP contribution in [-0.2, 0) is 0 Å².